The summed E-state index contributed by atoms with van der Waals surface area (Å²) in [7, 11) is 1.41. The molecule has 0 aliphatic rings. The van der Waals surface area contributed by atoms with Crippen molar-refractivity contribution in [1.29, 1.82) is 0 Å². The Bertz CT molecular complexity index is 545. The molecule has 0 aliphatic heterocycles. The summed E-state index contributed by atoms with van der Waals surface area (Å²) in [5.41, 5.74) is 0.575. The van der Waals surface area contributed by atoms with Gasteiger partial charge in [0.15, 0.2) is 0 Å². The van der Waals surface area contributed by atoms with E-state index in [2.05, 4.69) is 0 Å². The third-order valence-electron chi connectivity index (χ3n) is 2.26. The van der Waals surface area contributed by atoms with E-state index in [0.717, 1.165) is 4.90 Å². The lowest BCUT2D eigenvalue weighted by molar-refractivity contribution is -0.136. The minimum atomic E-state index is -1.59. The Morgan fingerprint density at radius 2 is 2.05 bits per heavy atom. The Hall–Kier alpha value is -2.08. The molecule has 0 spiro atoms. The second-order valence-corrected chi connectivity index (χ2v) is 4.18. The average Bonchev–Trinajstić information content (AvgIpc) is 2.33. The van der Waals surface area contributed by atoms with E-state index >= 15 is 0 Å². The number of aliphatic hydroxyl groups is 1. The van der Waals surface area contributed by atoms with Crippen LogP contribution >= 0.6 is 11.6 Å². The summed E-state index contributed by atoms with van der Waals surface area (Å²) in [5, 5.41) is 17.3. The van der Waals surface area contributed by atoms with Crippen LogP contribution in [0.25, 0.3) is 0 Å². The highest BCUT2D eigenvalue weighted by molar-refractivity contribution is 6.30. The summed E-state index contributed by atoms with van der Waals surface area (Å²) < 4.78 is 12.9. The second kappa shape index (κ2) is 6.19. The van der Waals surface area contributed by atoms with Gasteiger partial charge in [-0.15, -0.1) is 0 Å². The van der Waals surface area contributed by atoms with Gasteiger partial charge in [-0.05, 0) is 17.7 Å². The van der Waals surface area contributed by atoms with Gasteiger partial charge in [0.05, 0.1) is 11.1 Å². The van der Waals surface area contributed by atoms with Crippen LogP contribution in [0, 0.1) is 5.82 Å². The zero-order valence-corrected chi connectivity index (χ0v) is 10.7. The topological polar surface area (TPSA) is 77.8 Å². The number of benzene rings is 1. The van der Waals surface area contributed by atoms with E-state index < -0.39 is 23.5 Å². The maximum absolute atomic E-state index is 12.9. The number of hydrogen-bond donors (Lipinski definition) is 2. The molecule has 0 bridgehead atoms. The Morgan fingerprint density at radius 3 is 2.58 bits per heavy atom. The van der Waals surface area contributed by atoms with Crippen LogP contribution in [0.3, 0.4) is 0 Å². The largest absolute Gasteiger partial charge is 0.502 e. The summed E-state index contributed by atoms with van der Waals surface area (Å²) in [6.45, 7) is 0.0994. The van der Waals surface area contributed by atoms with Gasteiger partial charge in [0.2, 0.25) is 5.76 Å². The first-order chi connectivity index (χ1) is 8.81. The summed E-state index contributed by atoms with van der Waals surface area (Å²) in [6, 6.07) is 3.98. The number of likely N-dealkylation sites (N-methyl/N-ethyl adjacent to an activating group) is 1. The van der Waals surface area contributed by atoms with E-state index in [1.807, 2.05) is 0 Å². The normalized spacial score (nSPS) is 11.2. The van der Waals surface area contributed by atoms with Gasteiger partial charge in [0.1, 0.15) is 5.82 Å². The van der Waals surface area contributed by atoms with E-state index in [-0.39, 0.29) is 11.6 Å². The minimum absolute atomic E-state index is 0.0673. The molecular weight excluding hydrogens is 277 g/mol. The summed E-state index contributed by atoms with van der Waals surface area (Å²) >= 11 is 5.59. The lowest BCUT2D eigenvalue weighted by Crippen LogP contribution is -2.25. The Morgan fingerprint density at radius 1 is 1.42 bits per heavy atom. The molecule has 1 amide bonds. The molecule has 0 saturated carbocycles. The molecule has 0 unspecified atom stereocenters. The van der Waals surface area contributed by atoms with Gasteiger partial charge in [0.25, 0.3) is 5.91 Å². The molecule has 7 heteroatoms. The maximum Gasteiger partial charge on any atom is 0.371 e. The first kappa shape index (κ1) is 15.0. The quantitative estimate of drug-likeness (QED) is 0.655. The first-order valence-electron chi connectivity index (χ1n) is 5.14. The molecule has 0 atom stereocenters. The van der Waals surface area contributed by atoms with Crippen molar-refractivity contribution in [3.8, 4) is 0 Å². The molecule has 0 heterocycles. The van der Waals surface area contributed by atoms with E-state index in [1.165, 1.54) is 25.2 Å². The second-order valence-electron chi connectivity index (χ2n) is 3.78. The molecule has 0 saturated heterocycles. The van der Waals surface area contributed by atoms with E-state index in [0.29, 0.717) is 11.6 Å². The third kappa shape index (κ3) is 4.26. The van der Waals surface area contributed by atoms with Crippen molar-refractivity contribution in [3.05, 3.63) is 46.4 Å². The third-order valence-corrected chi connectivity index (χ3v) is 2.55. The number of hydrogen-bond acceptors (Lipinski definition) is 3. The summed E-state index contributed by atoms with van der Waals surface area (Å²) in [6.07, 6.45) is 0.591. The van der Waals surface area contributed by atoms with Gasteiger partial charge < -0.3 is 15.1 Å². The molecule has 19 heavy (non-hydrogen) atoms. The van der Waals surface area contributed by atoms with Crippen molar-refractivity contribution in [2.75, 3.05) is 7.05 Å². The average molecular weight is 288 g/mol. The molecule has 0 fully saturated rings. The number of nitrogens with zero attached hydrogens (tertiary/aromatic N) is 1. The van der Waals surface area contributed by atoms with Crippen LogP contribution in [-0.2, 0) is 16.1 Å². The Kier molecular flexibility index (Phi) is 4.88. The Labute approximate surface area is 113 Å². The van der Waals surface area contributed by atoms with E-state index in [4.69, 9.17) is 21.8 Å². The molecule has 5 nitrogen and oxygen atoms in total. The fraction of sp³-hybridized carbons (Fsp3) is 0.167. The van der Waals surface area contributed by atoms with Crippen LogP contribution in [0.5, 0.6) is 0 Å². The van der Waals surface area contributed by atoms with Crippen molar-refractivity contribution in [2.45, 2.75) is 6.54 Å². The number of carbonyl (C=O) groups excluding carboxylic acids is 1. The number of rotatable bonds is 4. The standard InChI is InChI=1S/C12H11ClFNO4/c1-15(11(17)5-10(16)12(18)19)6-7-2-3-9(14)8(13)4-7/h2-5,16H,6H2,1H3,(H,18,19). The first-order valence-corrected chi connectivity index (χ1v) is 5.52. The molecule has 0 aromatic heterocycles. The van der Waals surface area contributed by atoms with Gasteiger partial charge in [-0.1, -0.05) is 17.7 Å². The van der Waals surface area contributed by atoms with Gasteiger partial charge in [-0.25, -0.2) is 9.18 Å². The fourth-order valence-electron chi connectivity index (χ4n) is 1.28. The van der Waals surface area contributed by atoms with Crippen molar-refractivity contribution >= 4 is 23.5 Å². The number of carboxylic acids is 1. The predicted octanol–water partition coefficient (Wildman–Crippen LogP) is 1.96. The van der Waals surface area contributed by atoms with Crippen molar-refractivity contribution in [2.24, 2.45) is 0 Å². The molecule has 0 radical (unpaired) electrons. The minimum Gasteiger partial charge on any atom is -0.502 e. The molecule has 1 rings (SSSR count). The van der Waals surface area contributed by atoms with Gasteiger partial charge in [-0.2, -0.15) is 0 Å². The Balaban J connectivity index is 2.76. The monoisotopic (exact) mass is 287 g/mol. The summed E-state index contributed by atoms with van der Waals surface area (Å²) in [4.78, 5) is 23.0. The molecule has 1 aromatic rings. The van der Waals surface area contributed by atoms with E-state index in [1.54, 1.807) is 0 Å². The molecule has 1 aromatic carbocycles. The van der Waals surface area contributed by atoms with Gasteiger partial charge in [0, 0.05) is 13.6 Å². The molecule has 102 valence electrons. The van der Waals surface area contributed by atoms with Crippen LogP contribution in [-0.4, -0.2) is 34.0 Å². The fourth-order valence-corrected chi connectivity index (χ4v) is 1.48. The smallest absolute Gasteiger partial charge is 0.371 e. The number of amides is 1. The molecule has 2 N–H and O–H groups in total. The van der Waals surface area contributed by atoms with Gasteiger partial charge >= 0.3 is 5.97 Å². The number of aliphatic carboxylic acids is 1. The maximum atomic E-state index is 12.9. The lowest BCUT2D eigenvalue weighted by Gasteiger charge is -2.15. The molecular formula is C12H11ClFNO4. The van der Waals surface area contributed by atoms with Crippen molar-refractivity contribution < 1.29 is 24.2 Å². The predicted molar refractivity (Wildman–Crippen MR) is 66.2 cm³/mol. The van der Waals surface area contributed by atoms with Crippen LogP contribution in [0.15, 0.2) is 30.0 Å². The molecule has 0 aliphatic carbocycles. The highest BCUT2D eigenvalue weighted by Gasteiger charge is 2.12. The number of halogens is 2. The van der Waals surface area contributed by atoms with Crippen LogP contribution in [0.1, 0.15) is 5.56 Å². The number of aliphatic hydroxyl groups excluding tert-OH is 1. The lowest BCUT2D eigenvalue weighted by atomic mass is 10.2. The van der Waals surface area contributed by atoms with Crippen molar-refractivity contribution in [1.82, 2.24) is 4.90 Å². The highest BCUT2D eigenvalue weighted by Crippen LogP contribution is 2.17. The van der Waals surface area contributed by atoms with Gasteiger partial charge in [-0.3, -0.25) is 4.79 Å². The SMILES string of the molecule is CN(Cc1ccc(F)c(Cl)c1)C(=O)C=C(O)C(=O)O. The van der Waals surface area contributed by atoms with Crippen LogP contribution in [0.4, 0.5) is 4.39 Å². The highest BCUT2D eigenvalue weighted by atomic mass is 35.5. The zero-order valence-electron chi connectivity index (χ0n) is 9.93. The van der Waals surface area contributed by atoms with E-state index in [9.17, 15) is 14.0 Å². The number of carbonyl (C=O) groups is 2. The summed E-state index contributed by atoms with van der Waals surface area (Å²) in [5.74, 6) is -3.90. The van der Waals surface area contributed by atoms with Crippen LogP contribution in [0.2, 0.25) is 5.02 Å². The van der Waals surface area contributed by atoms with Crippen LogP contribution < -0.4 is 0 Å². The zero-order chi connectivity index (χ0) is 14.6. The number of carboxylic acid groups (broad SMARTS) is 1. The van der Waals surface area contributed by atoms with Crippen molar-refractivity contribution in [3.63, 3.8) is 0 Å².